The van der Waals surface area contributed by atoms with E-state index in [9.17, 15) is 4.79 Å². The molecule has 110 valence electrons. The molecule has 0 spiro atoms. The molecule has 2 bridgehead atoms. The van der Waals surface area contributed by atoms with Crippen LogP contribution in [0.25, 0.3) is 10.2 Å². The Bertz CT molecular complexity index is 697. The Morgan fingerprint density at radius 2 is 2.00 bits per heavy atom. The Kier molecular flexibility index (Phi) is 3.01. The number of rotatable bonds is 2. The maximum atomic E-state index is 11.5. The molecule has 0 aliphatic carbocycles. The van der Waals surface area contributed by atoms with Gasteiger partial charge in [-0.1, -0.05) is 0 Å². The lowest BCUT2D eigenvalue weighted by Gasteiger charge is -2.39. The molecule has 2 unspecified atom stereocenters. The van der Waals surface area contributed by atoms with Gasteiger partial charge in [0.2, 0.25) is 0 Å². The highest BCUT2D eigenvalue weighted by Gasteiger charge is 2.37. The van der Waals surface area contributed by atoms with Crippen molar-refractivity contribution < 1.29 is 4.79 Å². The van der Waals surface area contributed by atoms with E-state index in [2.05, 4.69) is 29.0 Å². The van der Waals surface area contributed by atoms with Gasteiger partial charge in [0.15, 0.2) is 5.78 Å². The predicted molar refractivity (Wildman–Crippen MR) is 86.4 cm³/mol. The predicted octanol–water partition coefficient (Wildman–Crippen LogP) is 2.78. The summed E-state index contributed by atoms with van der Waals surface area (Å²) in [6.45, 7) is 3.75. The molecule has 0 saturated carbocycles. The second-order valence-electron chi connectivity index (χ2n) is 6.19. The molecule has 5 heteroatoms. The third kappa shape index (κ3) is 2.15. The molecule has 4 heterocycles. The summed E-state index contributed by atoms with van der Waals surface area (Å²) in [7, 11) is 2.24. The summed E-state index contributed by atoms with van der Waals surface area (Å²) in [5.41, 5.74) is 0. The van der Waals surface area contributed by atoms with Crippen LogP contribution in [0.2, 0.25) is 0 Å². The highest BCUT2D eigenvalue weighted by atomic mass is 32.1. The lowest BCUT2D eigenvalue weighted by Crippen LogP contribution is -2.52. The third-order valence-corrected chi connectivity index (χ3v) is 6.03. The Hall–Kier alpha value is -1.46. The number of thiophene rings is 1. The molecule has 2 atom stereocenters. The van der Waals surface area contributed by atoms with Crippen molar-refractivity contribution in [1.29, 1.82) is 0 Å². The average Bonchev–Trinajstić information content (AvgIpc) is 2.95. The minimum atomic E-state index is 0.122. The van der Waals surface area contributed by atoms with Crippen molar-refractivity contribution in [2.24, 2.45) is 0 Å². The van der Waals surface area contributed by atoms with Crippen LogP contribution in [0.5, 0.6) is 0 Å². The molecule has 0 radical (unpaired) electrons. The van der Waals surface area contributed by atoms with Crippen LogP contribution in [0, 0.1) is 0 Å². The number of hydrogen-bond acceptors (Lipinski definition) is 5. The van der Waals surface area contributed by atoms with Gasteiger partial charge >= 0.3 is 0 Å². The fraction of sp³-hybridized carbons (Fsp3) is 0.500. The number of fused-ring (bicyclic) bond motifs is 3. The van der Waals surface area contributed by atoms with Crippen LogP contribution in [-0.4, -0.2) is 47.9 Å². The Balaban J connectivity index is 1.66. The number of piperazine rings is 1. The zero-order valence-electron chi connectivity index (χ0n) is 12.4. The lowest BCUT2D eigenvalue weighted by atomic mass is 10.2. The van der Waals surface area contributed by atoms with Crippen molar-refractivity contribution in [2.75, 3.05) is 25.0 Å². The number of hydrogen-bond donors (Lipinski definition) is 0. The molecule has 2 saturated heterocycles. The SMILES string of the molecule is CC(=O)c1cc2ccc(N3CC4CCC(C3)N4C)nc2s1. The molecule has 2 fully saturated rings. The largest absolute Gasteiger partial charge is 0.353 e. The maximum absolute atomic E-state index is 11.5. The number of likely N-dealkylation sites (N-methyl/N-ethyl adjacent to an activating group) is 1. The molecule has 0 amide bonds. The second kappa shape index (κ2) is 4.78. The van der Waals surface area contributed by atoms with Crippen molar-refractivity contribution in [3.63, 3.8) is 0 Å². The van der Waals surface area contributed by atoms with Gasteiger partial charge in [-0.3, -0.25) is 9.69 Å². The van der Waals surface area contributed by atoms with Crippen LogP contribution in [0.15, 0.2) is 18.2 Å². The summed E-state index contributed by atoms with van der Waals surface area (Å²) < 4.78 is 0. The van der Waals surface area contributed by atoms with Crippen LogP contribution in [0.4, 0.5) is 5.82 Å². The Morgan fingerprint density at radius 1 is 1.29 bits per heavy atom. The minimum Gasteiger partial charge on any atom is -0.353 e. The quantitative estimate of drug-likeness (QED) is 0.799. The first-order valence-electron chi connectivity index (χ1n) is 7.50. The van der Waals surface area contributed by atoms with Gasteiger partial charge in [0, 0.05) is 30.6 Å². The fourth-order valence-corrected chi connectivity index (χ4v) is 4.48. The van der Waals surface area contributed by atoms with Crippen LogP contribution in [0.3, 0.4) is 0 Å². The number of nitrogens with zero attached hydrogens (tertiary/aromatic N) is 3. The van der Waals surface area contributed by atoms with Crippen LogP contribution >= 0.6 is 11.3 Å². The van der Waals surface area contributed by atoms with E-state index in [4.69, 9.17) is 4.98 Å². The summed E-state index contributed by atoms with van der Waals surface area (Å²) in [5.74, 6) is 1.18. The Labute approximate surface area is 128 Å². The monoisotopic (exact) mass is 301 g/mol. The van der Waals surface area contributed by atoms with Gasteiger partial charge < -0.3 is 4.90 Å². The standard InChI is InChI=1S/C16H19N3OS/c1-10(20)14-7-11-3-6-15(17-16(11)21-14)19-8-12-4-5-13(9-19)18(12)2/h3,6-7,12-13H,4-5,8-9H2,1-2H3. The van der Waals surface area contributed by atoms with Crippen molar-refractivity contribution in [3.05, 3.63) is 23.1 Å². The van der Waals surface area contributed by atoms with Crippen molar-refractivity contribution in [2.45, 2.75) is 31.8 Å². The van der Waals surface area contributed by atoms with Crippen LogP contribution in [0.1, 0.15) is 29.4 Å². The van der Waals surface area contributed by atoms with Gasteiger partial charge in [0.05, 0.1) is 4.88 Å². The smallest absolute Gasteiger partial charge is 0.169 e. The van der Waals surface area contributed by atoms with Crippen LogP contribution < -0.4 is 4.90 Å². The van der Waals surface area contributed by atoms with E-state index >= 15 is 0 Å². The summed E-state index contributed by atoms with van der Waals surface area (Å²) in [6, 6.07) is 7.48. The van der Waals surface area contributed by atoms with Crippen molar-refractivity contribution in [3.8, 4) is 0 Å². The first-order valence-corrected chi connectivity index (χ1v) is 8.32. The van der Waals surface area contributed by atoms with Crippen molar-refractivity contribution in [1.82, 2.24) is 9.88 Å². The molecule has 4 nitrogen and oxygen atoms in total. The normalized spacial score (nSPS) is 25.7. The van der Waals surface area contributed by atoms with E-state index in [1.165, 1.54) is 24.2 Å². The molecular weight excluding hydrogens is 282 g/mol. The average molecular weight is 301 g/mol. The number of pyridine rings is 1. The molecule has 0 aromatic carbocycles. The molecule has 2 aromatic heterocycles. The van der Waals surface area contributed by atoms with E-state index in [0.717, 1.165) is 34.0 Å². The van der Waals surface area contributed by atoms with Gasteiger partial charge in [0.25, 0.3) is 0 Å². The summed E-state index contributed by atoms with van der Waals surface area (Å²) in [5, 5.41) is 1.08. The highest BCUT2D eigenvalue weighted by molar-refractivity contribution is 7.20. The number of Topliss-reactive ketones (excluding diaryl/α,β-unsaturated/α-hetero) is 1. The zero-order chi connectivity index (χ0) is 14.6. The highest BCUT2D eigenvalue weighted by Crippen LogP contribution is 2.32. The first kappa shape index (κ1) is 13.2. The molecular formula is C16H19N3OS. The molecule has 0 N–H and O–H groups in total. The van der Waals surface area contributed by atoms with Gasteiger partial charge in [-0.05, 0) is 45.0 Å². The minimum absolute atomic E-state index is 0.122. The van der Waals surface area contributed by atoms with Gasteiger partial charge in [-0.25, -0.2) is 4.98 Å². The fourth-order valence-electron chi connectivity index (χ4n) is 3.56. The van der Waals surface area contributed by atoms with Gasteiger partial charge in [-0.15, -0.1) is 11.3 Å². The van der Waals surface area contributed by atoms with Gasteiger partial charge in [-0.2, -0.15) is 0 Å². The van der Waals surface area contributed by atoms with E-state index < -0.39 is 0 Å². The van der Waals surface area contributed by atoms with E-state index in [1.807, 2.05) is 6.07 Å². The third-order valence-electron chi connectivity index (χ3n) is 4.89. The molecule has 4 rings (SSSR count). The molecule has 2 aliphatic rings. The summed E-state index contributed by atoms with van der Waals surface area (Å²) in [4.78, 5) is 23.0. The number of ketones is 1. The topological polar surface area (TPSA) is 36.4 Å². The maximum Gasteiger partial charge on any atom is 0.169 e. The summed E-state index contributed by atoms with van der Waals surface area (Å²) >= 11 is 1.50. The number of aromatic nitrogens is 1. The lowest BCUT2D eigenvalue weighted by molar-refractivity contribution is 0.102. The molecule has 21 heavy (non-hydrogen) atoms. The second-order valence-corrected chi connectivity index (χ2v) is 7.22. The van der Waals surface area contributed by atoms with Gasteiger partial charge in [0.1, 0.15) is 10.6 Å². The zero-order valence-corrected chi connectivity index (χ0v) is 13.2. The van der Waals surface area contributed by atoms with E-state index in [1.54, 1.807) is 6.92 Å². The first-order chi connectivity index (χ1) is 10.1. The van der Waals surface area contributed by atoms with Crippen molar-refractivity contribution >= 4 is 33.2 Å². The van der Waals surface area contributed by atoms with E-state index in [0.29, 0.717) is 12.1 Å². The van der Waals surface area contributed by atoms with E-state index in [-0.39, 0.29) is 5.78 Å². The molecule has 2 aromatic rings. The molecule has 2 aliphatic heterocycles. The number of anilines is 1. The number of carbonyl (C=O) groups is 1. The summed E-state index contributed by atoms with van der Waals surface area (Å²) in [6.07, 6.45) is 2.60. The number of carbonyl (C=O) groups excluding carboxylic acids is 1. The Morgan fingerprint density at radius 3 is 2.67 bits per heavy atom. The van der Waals surface area contributed by atoms with Crippen LogP contribution in [-0.2, 0) is 0 Å².